The highest BCUT2D eigenvalue weighted by atomic mass is 16.5. The van der Waals surface area contributed by atoms with Gasteiger partial charge in [-0.2, -0.15) is 0 Å². The van der Waals surface area contributed by atoms with Gasteiger partial charge in [-0.15, -0.1) is 0 Å². The maximum absolute atomic E-state index is 6.39. The first kappa shape index (κ1) is 21.8. The van der Waals surface area contributed by atoms with Crippen molar-refractivity contribution in [2.45, 2.75) is 84.4 Å². The molecule has 1 radical (unpaired) electrons. The minimum atomic E-state index is -0.196. The Morgan fingerprint density at radius 2 is 1.79 bits per heavy atom. The summed E-state index contributed by atoms with van der Waals surface area (Å²) in [6.07, 6.45) is 8.84. The predicted molar refractivity (Wildman–Crippen MR) is 116 cm³/mol. The number of benzene rings is 1. The van der Waals surface area contributed by atoms with Gasteiger partial charge in [-0.25, -0.2) is 15.3 Å². The number of hydrazine groups is 1. The molecule has 2 fully saturated rings. The summed E-state index contributed by atoms with van der Waals surface area (Å²) < 4.78 is 6.39. The number of ether oxygens (including phenoxy) is 1. The zero-order valence-electron chi connectivity index (χ0n) is 18.5. The van der Waals surface area contributed by atoms with Crippen LogP contribution in [-0.4, -0.2) is 48.5 Å². The molecular formula is C24H40N3O. The average molecular weight is 387 g/mol. The molecule has 4 nitrogen and oxygen atoms in total. The Labute approximate surface area is 172 Å². The highest BCUT2D eigenvalue weighted by Crippen LogP contribution is 2.45. The molecule has 2 aliphatic rings. The Balaban J connectivity index is 1.80. The molecule has 3 rings (SSSR count). The van der Waals surface area contributed by atoms with E-state index in [9.17, 15) is 0 Å². The summed E-state index contributed by atoms with van der Waals surface area (Å²) in [6, 6.07) is 6.81. The van der Waals surface area contributed by atoms with Gasteiger partial charge in [0.15, 0.2) is 0 Å². The molecule has 4 heteroatoms. The first-order valence-corrected chi connectivity index (χ1v) is 11.5. The van der Waals surface area contributed by atoms with E-state index < -0.39 is 0 Å². The fraction of sp³-hybridized carbons (Fsp3) is 0.750. The topological polar surface area (TPSA) is 29.8 Å². The number of nitrogens with zero attached hydrogens (tertiary/aromatic N) is 3. The van der Waals surface area contributed by atoms with Crippen LogP contribution in [-0.2, 0) is 4.74 Å². The molecule has 0 aliphatic carbocycles. The molecule has 2 heterocycles. The zero-order chi connectivity index (χ0) is 20.0. The van der Waals surface area contributed by atoms with Crippen LogP contribution in [0.25, 0.3) is 0 Å². The molecule has 28 heavy (non-hydrogen) atoms. The number of unbranched alkanes of at least 4 members (excludes halogenated alkanes) is 4. The molecule has 1 aromatic carbocycles. The Hall–Kier alpha value is -0.940. The van der Waals surface area contributed by atoms with E-state index in [1.54, 1.807) is 0 Å². The molecule has 2 saturated heterocycles. The van der Waals surface area contributed by atoms with Crippen molar-refractivity contribution < 1.29 is 4.74 Å². The Morgan fingerprint density at radius 1 is 1.07 bits per heavy atom. The Morgan fingerprint density at radius 3 is 2.36 bits per heavy atom. The molecule has 0 amide bonds. The normalized spacial score (nSPS) is 25.4. The number of hydrogen-bond acceptors (Lipinski definition) is 3. The van der Waals surface area contributed by atoms with Crippen molar-refractivity contribution in [2.75, 3.05) is 32.8 Å². The summed E-state index contributed by atoms with van der Waals surface area (Å²) in [5, 5.41) is 10.4. The van der Waals surface area contributed by atoms with Crippen LogP contribution in [0, 0.1) is 13.8 Å². The van der Waals surface area contributed by atoms with Gasteiger partial charge in [0, 0.05) is 26.2 Å². The lowest BCUT2D eigenvalue weighted by Gasteiger charge is -2.60. The van der Waals surface area contributed by atoms with Gasteiger partial charge in [0.05, 0.1) is 6.61 Å². The van der Waals surface area contributed by atoms with E-state index in [0.29, 0.717) is 0 Å². The lowest BCUT2D eigenvalue weighted by molar-refractivity contribution is -0.259. The van der Waals surface area contributed by atoms with Gasteiger partial charge in [0.25, 0.3) is 0 Å². The first-order chi connectivity index (χ1) is 13.6. The summed E-state index contributed by atoms with van der Waals surface area (Å²) in [5.41, 5.74) is 3.78. The maximum Gasteiger partial charge on any atom is 0.132 e. The fourth-order valence-corrected chi connectivity index (χ4v) is 4.61. The molecule has 2 unspecified atom stereocenters. The van der Waals surface area contributed by atoms with Crippen molar-refractivity contribution in [2.24, 2.45) is 0 Å². The van der Waals surface area contributed by atoms with Crippen molar-refractivity contribution in [3.05, 3.63) is 34.9 Å². The molecule has 1 aromatic rings. The van der Waals surface area contributed by atoms with Crippen molar-refractivity contribution in [1.82, 2.24) is 15.3 Å². The Kier molecular flexibility index (Phi) is 7.93. The fourth-order valence-electron chi connectivity index (χ4n) is 4.61. The monoisotopic (exact) mass is 386 g/mol. The van der Waals surface area contributed by atoms with Gasteiger partial charge in [-0.3, -0.25) is 0 Å². The van der Waals surface area contributed by atoms with Crippen LogP contribution in [0.1, 0.15) is 81.6 Å². The lowest BCUT2D eigenvalue weighted by Crippen LogP contribution is -2.74. The van der Waals surface area contributed by atoms with E-state index in [1.165, 1.54) is 55.2 Å². The molecule has 0 saturated carbocycles. The van der Waals surface area contributed by atoms with Gasteiger partial charge in [0.2, 0.25) is 0 Å². The highest BCUT2D eigenvalue weighted by molar-refractivity contribution is 5.33. The lowest BCUT2D eigenvalue weighted by atomic mass is 9.84. The van der Waals surface area contributed by atoms with Crippen LogP contribution in [0.4, 0.5) is 0 Å². The van der Waals surface area contributed by atoms with E-state index in [1.807, 2.05) is 0 Å². The summed E-state index contributed by atoms with van der Waals surface area (Å²) >= 11 is 0. The van der Waals surface area contributed by atoms with Crippen molar-refractivity contribution in [3.8, 4) is 0 Å². The molecule has 2 atom stereocenters. The van der Waals surface area contributed by atoms with Crippen LogP contribution in [0.2, 0.25) is 0 Å². The first-order valence-electron chi connectivity index (χ1n) is 11.5. The van der Waals surface area contributed by atoms with Gasteiger partial charge >= 0.3 is 0 Å². The van der Waals surface area contributed by atoms with Gasteiger partial charge in [0.1, 0.15) is 11.8 Å². The van der Waals surface area contributed by atoms with Gasteiger partial charge < -0.3 is 4.74 Å². The van der Waals surface area contributed by atoms with Gasteiger partial charge in [-0.05, 0) is 49.8 Å². The quantitative estimate of drug-likeness (QED) is 0.531. The van der Waals surface area contributed by atoms with Crippen molar-refractivity contribution >= 4 is 0 Å². The van der Waals surface area contributed by atoms with Crippen molar-refractivity contribution in [1.29, 1.82) is 0 Å². The molecule has 1 spiro atoms. The third-order valence-electron chi connectivity index (χ3n) is 6.53. The highest BCUT2D eigenvalue weighted by Gasteiger charge is 2.56. The molecule has 2 aliphatic heterocycles. The molecule has 0 N–H and O–H groups in total. The standard InChI is InChI=1S/C24H40N3O/c1-5-7-9-15-26(16-10-8-6-2)27-17-13-24(27)23(28-18-14-25-24)22-12-11-20(3)21(4)19-22/h11-12,19,23H,5-10,13-18H2,1-4H3. The Bertz CT molecular complexity index is 610. The second-order valence-corrected chi connectivity index (χ2v) is 8.60. The third kappa shape index (κ3) is 4.62. The number of morpholine rings is 1. The molecule has 157 valence electrons. The largest absolute Gasteiger partial charge is 0.369 e. The zero-order valence-corrected chi connectivity index (χ0v) is 18.5. The summed E-state index contributed by atoms with van der Waals surface area (Å²) in [7, 11) is 0. The third-order valence-corrected chi connectivity index (χ3v) is 6.53. The van der Waals surface area contributed by atoms with E-state index in [2.05, 4.69) is 55.9 Å². The second-order valence-electron chi connectivity index (χ2n) is 8.60. The van der Waals surface area contributed by atoms with E-state index >= 15 is 0 Å². The maximum atomic E-state index is 6.39. The number of hydrogen-bond donors (Lipinski definition) is 0. The van der Waals surface area contributed by atoms with E-state index in [-0.39, 0.29) is 11.8 Å². The summed E-state index contributed by atoms with van der Waals surface area (Å²) in [5.74, 6) is 0. The van der Waals surface area contributed by atoms with Crippen molar-refractivity contribution in [3.63, 3.8) is 0 Å². The van der Waals surface area contributed by atoms with E-state index in [0.717, 1.165) is 39.2 Å². The second kappa shape index (κ2) is 10.2. The van der Waals surface area contributed by atoms with Gasteiger partial charge in [-0.1, -0.05) is 57.7 Å². The van der Waals surface area contributed by atoms with Crippen LogP contribution >= 0.6 is 0 Å². The SMILES string of the molecule is CCCCCN(CCCCC)N1CCC12[N]CCOC2c1ccc(C)c(C)c1. The predicted octanol–water partition coefficient (Wildman–Crippen LogP) is 4.98. The molecule has 0 aromatic heterocycles. The molecular weight excluding hydrogens is 346 g/mol. The number of aryl methyl sites for hydroxylation is 2. The molecule has 0 bridgehead atoms. The van der Waals surface area contributed by atoms with Crippen LogP contribution in [0.3, 0.4) is 0 Å². The van der Waals surface area contributed by atoms with Crippen LogP contribution < -0.4 is 5.32 Å². The minimum Gasteiger partial charge on any atom is -0.369 e. The summed E-state index contributed by atoms with van der Waals surface area (Å²) in [4.78, 5) is 0. The van der Waals surface area contributed by atoms with E-state index in [4.69, 9.17) is 10.1 Å². The van der Waals surface area contributed by atoms with Crippen LogP contribution in [0.5, 0.6) is 0 Å². The minimum absolute atomic E-state index is 0.0501. The summed E-state index contributed by atoms with van der Waals surface area (Å²) in [6.45, 7) is 13.9. The average Bonchev–Trinajstić information content (AvgIpc) is 2.69. The smallest absolute Gasteiger partial charge is 0.132 e. The number of rotatable bonds is 10. The van der Waals surface area contributed by atoms with Crippen LogP contribution in [0.15, 0.2) is 18.2 Å².